The van der Waals surface area contributed by atoms with Gasteiger partial charge in [0.2, 0.25) is 11.8 Å². The summed E-state index contributed by atoms with van der Waals surface area (Å²) in [5.41, 5.74) is 2.48. The third-order valence-corrected chi connectivity index (χ3v) is 11.6. The fourth-order valence-corrected chi connectivity index (χ4v) is 9.16. The number of amides is 3. The number of cyclic esters (lactones) is 1. The van der Waals surface area contributed by atoms with Gasteiger partial charge in [0.05, 0.1) is 24.6 Å². The Morgan fingerprint density at radius 3 is 2.38 bits per heavy atom. The number of fused-ring (bicyclic) bond motifs is 2. The van der Waals surface area contributed by atoms with E-state index < -0.39 is 72.2 Å². The topological polar surface area (TPSA) is 125 Å². The van der Waals surface area contributed by atoms with E-state index in [1.54, 1.807) is 17.9 Å². The Morgan fingerprint density at radius 2 is 1.66 bits per heavy atom. The number of carbonyl (C=O) groups is 4. The van der Waals surface area contributed by atoms with Gasteiger partial charge in [-0.25, -0.2) is 0 Å². The Kier molecular flexibility index (Phi) is 10.4. The molecule has 2 N–H and O–H groups in total. The molecule has 0 unspecified atom stereocenters. The lowest BCUT2D eigenvalue weighted by molar-refractivity contribution is -0.161. The van der Waals surface area contributed by atoms with E-state index in [0.29, 0.717) is 22.2 Å². The quantitative estimate of drug-likeness (QED) is 0.259. The van der Waals surface area contributed by atoms with Crippen LogP contribution in [0.15, 0.2) is 102 Å². The molecule has 0 saturated carbocycles. The van der Waals surface area contributed by atoms with Crippen LogP contribution in [-0.2, 0) is 35.1 Å². The van der Waals surface area contributed by atoms with Crippen LogP contribution in [0.4, 0.5) is 5.69 Å². The van der Waals surface area contributed by atoms with Crippen LogP contribution < -0.4 is 10.2 Å². The molecule has 2 fully saturated rings. The molecule has 8 atom stereocenters. The second-order valence-corrected chi connectivity index (χ2v) is 15.4. The highest BCUT2D eigenvalue weighted by molar-refractivity contribution is 9.11. The van der Waals surface area contributed by atoms with Crippen molar-refractivity contribution in [2.45, 2.75) is 76.0 Å². The first-order valence-electron chi connectivity index (χ1n) is 18.2. The van der Waals surface area contributed by atoms with E-state index in [1.807, 2.05) is 105 Å². The van der Waals surface area contributed by atoms with Gasteiger partial charge in [-0.15, -0.1) is 0 Å². The molecule has 2 saturated heterocycles. The van der Waals surface area contributed by atoms with Crippen molar-refractivity contribution in [2.24, 2.45) is 11.8 Å². The van der Waals surface area contributed by atoms with Crippen LogP contribution >= 0.6 is 15.9 Å². The fraction of sp³-hybridized carbons (Fsp3) is 0.381. The Balaban J connectivity index is 1.38. The smallest absolute Gasteiger partial charge is 0.313 e. The molecule has 0 radical (unpaired) electrons. The maximum atomic E-state index is 15.4. The van der Waals surface area contributed by atoms with Gasteiger partial charge >= 0.3 is 5.97 Å². The number of hydrogen-bond donors (Lipinski definition) is 2. The van der Waals surface area contributed by atoms with Crippen molar-refractivity contribution in [1.29, 1.82) is 0 Å². The minimum atomic E-state index is -1.54. The molecule has 3 aromatic carbocycles. The Morgan fingerprint density at radius 1 is 0.943 bits per heavy atom. The van der Waals surface area contributed by atoms with Crippen LogP contribution in [-0.4, -0.2) is 76.7 Å². The Hall–Kier alpha value is -4.58. The Bertz CT molecular complexity index is 1950. The minimum Gasteiger partial charge on any atom is -0.455 e. The molecule has 53 heavy (non-hydrogen) atoms. The van der Waals surface area contributed by atoms with E-state index in [-0.39, 0.29) is 25.3 Å². The minimum absolute atomic E-state index is 0.152. The molecular formula is C42H44BrN3O7. The molecule has 3 amide bonds. The van der Waals surface area contributed by atoms with E-state index in [9.17, 15) is 14.7 Å². The van der Waals surface area contributed by atoms with E-state index in [1.165, 1.54) is 4.90 Å². The van der Waals surface area contributed by atoms with Gasteiger partial charge in [0, 0.05) is 23.1 Å². The van der Waals surface area contributed by atoms with Crippen molar-refractivity contribution in [2.75, 3.05) is 18.1 Å². The van der Waals surface area contributed by atoms with Gasteiger partial charge in [-0.2, -0.15) is 0 Å². The lowest BCUT2D eigenvalue weighted by atomic mass is 9.74. The van der Waals surface area contributed by atoms with Crippen molar-refractivity contribution in [3.63, 3.8) is 0 Å². The van der Waals surface area contributed by atoms with Crippen LogP contribution in [0.2, 0.25) is 0 Å². The van der Waals surface area contributed by atoms with Crippen molar-refractivity contribution in [3.8, 4) is 0 Å². The van der Waals surface area contributed by atoms with E-state index >= 15 is 9.59 Å². The first-order valence-corrected chi connectivity index (χ1v) is 18.9. The molecule has 3 aromatic rings. The van der Waals surface area contributed by atoms with E-state index in [2.05, 4.69) is 21.2 Å². The zero-order valence-electron chi connectivity index (χ0n) is 30.0. The van der Waals surface area contributed by atoms with Gasteiger partial charge in [0.25, 0.3) is 5.91 Å². The number of nitrogens with zero attached hydrogens (tertiary/aromatic N) is 2. The normalized spacial score (nSPS) is 30.1. The number of rotatable bonds is 6. The van der Waals surface area contributed by atoms with Gasteiger partial charge < -0.3 is 29.7 Å². The second kappa shape index (κ2) is 15.0. The standard InChI is InChI=1S/C42H44BrN3O7/c1-25-18-19-26(2)32(21-25)45-20-12-6-11-17-33(48)44-27(3)36(29-15-9-5-10-16-29)52-41(51)34-35-39(49)46(30(24-47)22-28-13-7-4-8-14-28)38(40(45)50)42(35)23-31(43)37(34)53-42/h4-10,12-16,18-19,21,23,27,30,34-38,47H,11,17,20,22,24H2,1-3H3,(H,44,48)/b12-6-/t27-,30-,34+,35-,36+,37+,38+,42-/m1/s1. The highest BCUT2D eigenvalue weighted by atomic mass is 79.9. The van der Waals surface area contributed by atoms with Gasteiger partial charge in [0.15, 0.2) is 0 Å². The number of aliphatic hydroxyl groups is 1. The van der Waals surface area contributed by atoms with Crippen LogP contribution in [0.3, 0.4) is 0 Å². The molecule has 11 heteroatoms. The number of ether oxygens (including phenoxy) is 2. The molecular weight excluding hydrogens is 738 g/mol. The lowest BCUT2D eigenvalue weighted by Crippen LogP contribution is -2.59. The number of halogens is 1. The highest BCUT2D eigenvalue weighted by Crippen LogP contribution is 2.59. The van der Waals surface area contributed by atoms with Gasteiger partial charge in [0.1, 0.15) is 29.8 Å². The van der Waals surface area contributed by atoms with Crippen molar-refractivity contribution >= 4 is 45.3 Å². The third-order valence-electron chi connectivity index (χ3n) is 10.9. The van der Waals surface area contributed by atoms with Gasteiger partial charge in [-0.1, -0.05) is 101 Å². The van der Waals surface area contributed by atoms with Crippen molar-refractivity contribution in [1.82, 2.24) is 10.2 Å². The van der Waals surface area contributed by atoms with Crippen molar-refractivity contribution < 1.29 is 33.8 Å². The summed E-state index contributed by atoms with van der Waals surface area (Å²) in [5.74, 6) is -3.99. The number of benzene rings is 3. The maximum absolute atomic E-state index is 15.4. The molecule has 10 nitrogen and oxygen atoms in total. The average Bonchev–Trinajstić information content (AvgIpc) is 3.75. The van der Waals surface area contributed by atoms with Crippen LogP contribution in [0.1, 0.15) is 48.1 Å². The Labute approximate surface area is 318 Å². The van der Waals surface area contributed by atoms with E-state index in [0.717, 1.165) is 16.7 Å². The number of likely N-dealkylation sites (tertiary alicyclic amines) is 1. The summed E-state index contributed by atoms with van der Waals surface area (Å²) in [7, 11) is 0. The number of allylic oxidation sites excluding steroid dienone is 1. The van der Waals surface area contributed by atoms with E-state index in [4.69, 9.17) is 9.47 Å². The highest BCUT2D eigenvalue weighted by Gasteiger charge is 2.75. The molecule has 0 aromatic heterocycles. The SMILES string of the molecule is Cc1ccc(C)c(N2C/C=C\CCC(=O)N[C@H](C)[C@@H](c3ccccc3)OC(=O)[C@@H]3[C@H]4O[C@@]5(C=C4Br)[C@H](C2=O)N([C@@H](CO)Cc2ccccc2)C(=O)[C@@H]35)c1. The molecule has 4 aliphatic rings. The third kappa shape index (κ3) is 6.75. The summed E-state index contributed by atoms with van der Waals surface area (Å²) in [4.78, 5) is 61.4. The predicted molar refractivity (Wildman–Crippen MR) is 203 cm³/mol. The van der Waals surface area contributed by atoms with Crippen LogP contribution in [0.5, 0.6) is 0 Å². The molecule has 1 spiro atoms. The number of nitrogens with one attached hydrogen (secondary N) is 1. The van der Waals surface area contributed by atoms with Crippen molar-refractivity contribution in [3.05, 3.63) is 124 Å². The number of aliphatic hydroxyl groups excluding tert-OH is 1. The zero-order chi connectivity index (χ0) is 37.4. The first-order chi connectivity index (χ1) is 25.5. The summed E-state index contributed by atoms with van der Waals surface area (Å²) in [6.07, 6.45) is 4.62. The lowest BCUT2D eigenvalue weighted by Gasteiger charge is -2.39. The maximum Gasteiger partial charge on any atom is 0.313 e. The number of esters is 1. The van der Waals surface area contributed by atoms with Crippen LogP contribution in [0, 0.1) is 25.7 Å². The first kappa shape index (κ1) is 36.8. The second-order valence-electron chi connectivity index (χ2n) is 14.5. The number of anilines is 1. The number of aryl methyl sites for hydroxylation is 2. The zero-order valence-corrected chi connectivity index (χ0v) is 31.6. The summed E-state index contributed by atoms with van der Waals surface area (Å²) in [5, 5.41) is 14.0. The molecule has 0 aliphatic carbocycles. The molecule has 7 rings (SSSR count). The largest absolute Gasteiger partial charge is 0.455 e. The summed E-state index contributed by atoms with van der Waals surface area (Å²) in [6, 6.07) is 21.9. The van der Waals surface area contributed by atoms with Gasteiger partial charge in [-0.3, -0.25) is 19.2 Å². The average molecular weight is 783 g/mol. The van der Waals surface area contributed by atoms with Crippen LogP contribution in [0.25, 0.3) is 0 Å². The summed E-state index contributed by atoms with van der Waals surface area (Å²) in [6.45, 7) is 5.39. The molecule has 276 valence electrons. The monoisotopic (exact) mass is 781 g/mol. The summed E-state index contributed by atoms with van der Waals surface area (Å²) < 4.78 is 13.6. The summed E-state index contributed by atoms with van der Waals surface area (Å²) >= 11 is 3.64. The predicted octanol–water partition coefficient (Wildman–Crippen LogP) is 5.25. The fourth-order valence-electron chi connectivity index (χ4n) is 8.42. The molecule has 5 bridgehead atoms. The molecule has 4 heterocycles. The number of carbonyl (C=O) groups excluding carboxylic acids is 4. The number of hydrogen-bond acceptors (Lipinski definition) is 7. The van der Waals surface area contributed by atoms with Gasteiger partial charge in [-0.05, 0) is 68.0 Å². The molecule has 4 aliphatic heterocycles.